The smallest absolute Gasteiger partial charge is 0.233 e. The molecular weight excluding hydrogens is 380 g/mol. The summed E-state index contributed by atoms with van der Waals surface area (Å²) in [5, 5.41) is 1.34. The van der Waals surface area contributed by atoms with Gasteiger partial charge >= 0.3 is 0 Å². The first-order valence-electron chi connectivity index (χ1n) is 9.13. The van der Waals surface area contributed by atoms with Gasteiger partial charge in [0.25, 0.3) is 0 Å². The molecule has 1 atom stereocenters. The summed E-state index contributed by atoms with van der Waals surface area (Å²) in [6.45, 7) is 3.35. The number of carbonyl (C=O) groups is 1. The van der Waals surface area contributed by atoms with Gasteiger partial charge in [-0.2, -0.15) is 0 Å². The van der Waals surface area contributed by atoms with Crippen LogP contribution in [0.15, 0.2) is 42.5 Å². The molecule has 1 fully saturated rings. The molecule has 2 heterocycles. The summed E-state index contributed by atoms with van der Waals surface area (Å²) in [7, 11) is 0. The zero-order valence-electron chi connectivity index (χ0n) is 15.2. The molecule has 1 aromatic heterocycles. The summed E-state index contributed by atoms with van der Waals surface area (Å²) >= 11 is 7.81. The van der Waals surface area contributed by atoms with Crippen molar-refractivity contribution >= 4 is 44.2 Å². The highest BCUT2D eigenvalue weighted by Gasteiger charge is 2.26. The summed E-state index contributed by atoms with van der Waals surface area (Å²) in [6, 6.07) is 13.6. The predicted molar refractivity (Wildman–Crippen MR) is 111 cm³/mol. The number of anilines is 1. The Hall–Kier alpha value is -1.95. The fourth-order valence-electron chi connectivity index (χ4n) is 3.31. The van der Waals surface area contributed by atoms with Gasteiger partial charge in [-0.25, -0.2) is 4.98 Å². The van der Waals surface area contributed by atoms with Crippen LogP contribution in [0.5, 0.6) is 0 Å². The number of ether oxygens (including phenoxy) is 1. The lowest BCUT2D eigenvalue weighted by Crippen LogP contribution is -2.38. The van der Waals surface area contributed by atoms with Crippen LogP contribution in [0.1, 0.15) is 24.0 Å². The normalized spacial score (nSPS) is 16.7. The van der Waals surface area contributed by atoms with Gasteiger partial charge in [0, 0.05) is 11.6 Å². The van der Waals surface area contributed by atoms with Gasteiger partial charge in [0.2, 0.25) is 5.91 Å². The molecule has 3 aromatic rings. The van der Waals surface area contributed by atoms with E-state index in [1.54, 1.807) is 16.2 Å². The minimum Gasteiger partial charge on any atom is -0.376 e. The van der Waals surface area contributed by atoms with Crippen LogP contribution < -0.4 is 4.90 Å². The molecule has 140 valence electrons. The number of thiazole rings is 1. The van der Waals surface area contributed by atoms with E-state index in [1.165, 1.54) is 5.56 Å². The Kier molecular flexibility index (Phi) is 5.43. The maximum Gasteiger partial charge on any atom is 0.233 e. The van der Waals surface area contributed by atoms with Crippen molar-refractivity contribution in [3.8, 4) is 0 Å². The van der Waals surface area contributed by atoms with Crippen molar-refractivity contribution in [2.24, 2.45) is 0 Å². The predicted octanol–water partition coefficient (Wildman–Crippen LogP) is 5.01. The van der Waals surface area contributed by atoms with Crippen LogP contribution in [0.4, 0.5) is 5.13 Å². The second-order valence-electron chi connectivity index (χ2n) is 6.88. The van der Waals surface area contributed by atoms with Crippen LogP contribution in [-0.2, 0) is 16.0 Å². The molecule has 4 nitrogen and oxygen atoms in total. The van der Waals surface area contributed by atoms with Crippen molar-refractivity contribution in [1.29, 1.82) is 0 Å². The van der Waals surface area contributed by atoms with Gasteiger partial charge < -0.3 is 4.74 Å². The van der Waals surface area contributed by atoms with Crippen molar-refractivity contribution in [3.05, 3.63) is 58.6 Å². The number of benzene rings is 2. The lowest BCUT2D eigenvalue weighted by molar-refractivity contribution is -0.118. The molecule has 4 rings (SSSR count). The lowest BCUT2D eigenvalue weighted by Gasteiger charge is -2.23. The van der Waals surface area contributed by atoms with Crippen molar-refractivity contribution in [3.63, 3.8) is 0 Å². The van der Waals surface area contributed by atoms with E-state index in [4.69, 9.17) is 21.3 Å². The molecule has 27 heavy (non-hydrogen) atoms. The first-order valence-corrected chi connectivity index (χ1v) is 10.3. The summed E-state index contributed by atoms with van der Waals surface area (Å²) in [6.07, 6.45) is 2.33. The van der Waals surface area contributed by atoms with E-state index in [9.17, 15) is 4.79 Å². The van der Waals surface area contributed by atoms with Gasteiger partial charge in [-0.05, 0) is 49.1 Å². The van der Waals surface area contributed by atoms with Crippen LogP contribution in [0.2, 0.25) is 5.02 Å². The van der Waals surface area contributed by atoms with Gasteiger partial charge in [0.1, 0.15) is 0 Å². The molecule has 1 saturated heterocycles. The maximum atomic E-state index is 13.2. The number of aryl methyl sites for hydroxylation is 1. The molecule has 0 saturated carbocycles. The van der Waals surface area contributed by atoms with Crippen LogP contribution in [-0.4, -0.2) is 30.1 Å². The third-order valence-corrected chi connectivity index (χ3v) is 6.18. The van der Waals surface area contributed by atoms with Gasteiger partial charge in [-0.3, -0.25) is 9.69 Å². The van der Waals surface area contributed by atoms with E-state index in [2.05, 4.69) is 13.0 Å². The van der Waals surface area contributed by atoms with E-state index < -0.39 is 0 Å². The summed E-state index contributed by atoms with van der Waals surface area (Å²) in [4.78, 5) is 19.7. The van der Waals surface area contributed by atoms with Crippen LogP contribution in [0, 0.1) is 6.92 Å². The van der Waals surface area contributed by atoms with Crippen molar-refractivity contribution in [2.45, 2.75) is 32.3 Å². The summed E-state index contributed by atoms with van der Waals surface area (Å²) in [5.41, 5.74) is 2.94. The average Bonchev–Trinajstić information content (AvgIpc) is 3.30. The maximum absolute atomic E-state index is 13.2. The Labute approximate surface area is 167 Å². The van der Waals surface area contributed by atoms with E-state index in [1.807, 2.05) is 36.4 Å². The topological polar surface area (TPSA) is 42.4 Å². The Bertz CT molecular complexity index is 966. The standard InChI is InChI=1S/C21H21ClN2O2S/c1-14-8-9-18-19(11-14)27-21(23-18)24(13-16-6-4-10-26-16)20(25)12-15-5-2-3-7-17(15)22/h2-3,5,7-9,11,16H,4,6,10,12-13H2,1H3. The number of amides is 1. The van der Waals surface area contributed by atoms with Crippen LogP contribution >= 0.6 is 22.9 Å². The van der Waals surface area contributed by atoms with Gasteiger partial charge in [-0.15, -0.1) is 0 Å². The lowest BCUT2D eigenvalue weighted by atomic mass is 10.1. The minimum atomic E-state index is -0.00521. The van der Waals surface area contributed by atoms with Crippen molar-refractivity contribution in [1.82, 2.24) is 4.98 Å². The molecule has 1 aliphatic heterocycles. The van der Waals surface area contributed by atoms with Crippen LogP contribution in [0.3, 0.4) is 0 Å². The van der Waals surface area contributed by atoms with Gasteiger partial charge in [-0.1, -0.05) is 47.2 Å². The number of carbonyl (C=O) groups excluding carboxylic acids is 1. The second kappa shape index (κ2) is 7.97. The Balaban J connectivity index is 1.64. The third-order valence-electron chi connectivity index (χ3n) is 4.77. The minimum absolute atomic E-state index is 0.00521. The first kappa shape index (κ1) is 18.4. The average molecular weight is 401 g/mol. The second-order valence-corrected chi connectivity index (χ2v) is 8.29. The molecule has 0 N–H and O–H groups in total. The molecule has 0 radical (unpaired) electrons. The van der Waals surface area contributed by atoms with E-state index >= 15 is 0 Å². The fraction of sp³-hybridized carbons (Fsp3) is 0.333. The quantitative estimate of drug-likeness (QED) is 0.604. The zero-order valence-corrected chi connectivity index (χ0v) is 16.7. The highest BCUT2D eigenvalue weighted by molar-refractivity contribution is 7.22. The third kappa shape index (κ3) is 4.15. The largest absolute Gasteiger partial charge is 0.376 e. The Morgan fingerprint density at radius 1 is 1.33 bits per heavy atom. The zero-order chi connectivity index (χ0) is 18.8. The number of halogens is 1. The van der Waals surface area contributed by atoms with E-state index in [0.29, 0.717) is 11.6 Å². The number of fused-ring (bicyclic) bond motifs is 1. The SMILES string of the molecule is Cc1ccc2nc(N(CC3CCCO3)C(=O)Cc3ccccc3Cl)sc2c1. The number of nitrogens with zero attached hydrogens (tertiary/aromatic N) is 2. The van der Waals surface area contributed by atoms with Crippen molar-refractivity contribution < 1.29 is 9.53 Å². The van der Waals surface area contributed by atoms with E-state index in [0.717, 1.165) is 40.4 Å². The summed E-state index contributed by atoms with van der Waals surface area (Å²) in [5.74, 6) is -0.00521. The molecule has 0 aliphatic carbocycles. The van der Waals surface area contributed by atoms with Crippen LogP contribution in [0.25, 0.3) is 10.2 Å². The Morgan fingerprint density at radius 2 is 2.19 bits per heavy atom. The van der Waals surface area contributed by atoms with Gasteiger partial charge in [0.05, 0.1) is 29.3 Å². The molecule has 0 bridgehead atoms. The monoisotopic (exact) mass is 400 g/mol. The molecule has 6 heteroatoms. The highest BCUT2D eigenvalue weighted by atomic mass is 35.5. The first-order chi connectivity index (χ1) is 13.1. The van der Waals surface area contributed by atoms with Crippen molar-refractivity contribution in [2.75, 3.05) is 18.1 Å². The molecule has 1 amide bonds. The number of rotatable bonds is 5. The highest BCUT2D eigenvalue weighted by Crippen LogP contribution is 2.31. The molecule has 0 spiro atoms. The molecular formula is C21H21ClN2O2S. The number of aromatic nitrogens is 1. The van der Waals surface area contributed by atoms with E-state index in [-0.39, 0.29) is 18.4 Å². The molecule has 1 unspecified atom stereocenters. The number of hydrogen-bond acceptors (Lipinski definition) is 4. The Morgan fingerprint density at radius 3 is 2.96 bits per heavy atom. The molecule has 1 aliphatic rings. The molecule has 2 aromatic carbocycles. The fourth-order valence-corrected chi connectivity index (χ4v) is 4.61. The van der Waals surface area contributed by atoms with Gasteiger partial charge in [0.15, 0.2) is 5.13 Å². The summed E-state index contributed by atoms with van der Waals surface area (Å²) < 4.78 is 6.87. The number of hydrogen-bond donors (Lipinski definition) is 0.